The molecular formula is C14H17BrClNO. The minimum Gasteiger partial charge on any atom is -0.335 e. The average Bonchev–Trinajstić information content (AvgIpc) is 2.29. The van der Waals surface area contributed by atoms with Crippen LogP contribution in [0, 0.1) is 6.92 Å². The van der Waals surface area contributed by atoms with Crippen LogP contribution in [-0.2, 0) is 0 Å². The van der Waals surface area contributed by atoms with Crippen LogP contribution in [0.2, 0.25) is 5.02 Å². The first kappa shape index (κ1) is 13.9. The van der Waals surface area contributed by atoms with Crippen molar-refractivity contribution in [3.05, 3.63) is 34.3 Å². The zero-order chi connectivity index (χ0) is 13.1. The first-order chi connectivity index (χ1) is 8.63. The van der Waals surface area contributed by atoms with Crippen molar-refractivity contribution < 1.29 is 4.79 Å². The fraction of sp³-hybridized carbons (Fsp3) is 0.500. The van der Waals surface area contributed by atoms with E-state index in [0.29, 0.717) is 11.1 Å². The predicted octanol–water partition coefficient (Wildman–Crippen LogP) is 4.04. The first-order valence-electron chi connectivity index (χ1n) is 6.26. The van der Waals surface area contributed by atoms with Crippen LogP contribution in [0.5, 0.6) is 0 Å². The number of hydrogen-bond donors (Lipinski definition) is 0. The van der Waals surface area contributed by atoms with Crippen LogP contribution in [0.25, 0.3) is 0 Å². The highest BCUT2D eigenvalue weighted by Crippen LogP contribution is 2.27. The third-order valence-electron chi connectivity index (χ3n) is 3.51. The van der Waals surface area contributed by atoms with Gasteiger partial charge in [-0.05, 0) is 49.9 Å². The van der Waals surface area contributed by atoms with Gasteiger partial charge in [-0.2, -0.15) is 0 Å². The van der Waals surface area contributed by atoms with Gasteiger partial charge < -0.3 is 4.90 Å². The fourth-order valence-electron chi connectivity index (χ4n) is 2.18. The van der Waals surface area contributed by atoms with E-state index in [0.717, 1.165) is 35.8 Å². The van der Waals surface area contributed by atoms with Gasteiger partial charge >= 0.3 is 0 Å². The molecule has 1 fully saturated rings. The lowest BCUT2D eigenvalue weighted by Gasteiger charge is -2.37. The highest BCUT2D eigenvalue weighted by molar-refractivity contribution is 9.09. The summed E-state index contributed by atoms with van der Waals surface area (Å²) in [6.45, 7) is 2.70. The Kier molecular flexibility index (Phi) is 4.68. The lowest BCUT2D eigenvalue weighted by molar-refractivity contribution is 0.0599. The van der Waals surface area contributed by atoms with Gasteiger partial charge in [-0.3, -0.25) is 4.79 Å². The Labute approximate surface area is 121 Å². The molecule has 1 aliphatic rings. The second-order valence-electron chi connectivity index (χ2n) is 4.74. The maximum absolute atomic E-state index is 12.5. The highest BCUT2D eigenvalue weighted by Gasteiger charge is 2.28. The molecule has 18 heavy (non-hydrogen) atoms. The standard InChI is InChI=1S/C14H17BrClNO/c1-10-9-11(5-6-13(10)16)14(18)17(8-7-15)12-3-2-4-12/h5-6,9,12H,2-4,7-8H2,1H3. The lowest BCUT2D eigenvalue weighted by Crippen LogP contribution is -2.45. The number of carbonyl (C=O) groups excluding carboxylic acids is 1. The molecule has 1 saturated carbocycles. The van der Waals surface area contributed by atoms with E-state index in [-0.39, 0.29) is 5.91 Å². The van der Waals surface area contributed by atoms with E-state index in [9.17, 15) is 4.79 Å². The second kappa shape index (κ2) is 6.07. The molecule has 1 aromatic rings. The van der Waals surface area contributed by atoms with Gasteiger partial charge in [0.1, 0.15) is 0 Å². The normalized spacial score (nSPS) is 15.3. The molecule has 0 N–H and O–H groups in total. The topological polar surface area (TPSA) is 20.3 Å². The van der Waals surface area contributed by atoms with Crippen LogP contribution in [-0.4, -0.2) is 28.7 Å². The van der Waals surface area contributed by atoms with Gasteiger partial charge in [-0.25, -0.2) is 0 Å². The van der Waals surface area contributed by atoms with E-state index in [4.69, 9.17) is 11.6 Å². The maximum atomic E-state index is 12.5. The molecule has 0 unspecified atom stereocenters. The number of aryl methyl sites for hydroxylation is 1. The Hall–Kier alpha value is -0.540. The van der Waals surface area contributed by atoms with Crippen molar-refractivity contribution in [3.63, 3.8) is 0 Å². The van der Waals surface area contributed by atoms with E-state index in [1.807, 2.05) is 24.0 Å². The van der Waals surface area contributed by atoms with Crippen molar-refractivity contribution in [2.24, 2.45) is 0 Å². The summed E-state index contributed by atoms with van der Waals surface area (Å²) in [6, 6.07) is 5.92. The molecule has 0 heterocycles. The molecule has 1 amide bonds. The van der Waals surface area contributed by atoms with E-state index in [1.54, 1.807) is 6.07 Å². The summed E-state index contributed by atoms with van der Waals surface area (Å²) in [6.07, 6.45) is 3.49. The molecule has 0 atom stereocenters. The minimum absolute atomic E-state index is 0.124. The zero-order valence-electron chi connectivity index (χ0n) is 10.5. The van der Waals surface area contributed by atoms with E-state index < -0.39 is 0 Å². The van der Waals surface area contributed by atoms with E-state index >= 15 is 0 Å². The van der Waals surface area contributed by atoms with Gasteiger partial charge in [-0.15, -0.1) is 0 Å². The number of rotatable bonds is 4. The number of halogens is 2. The summed E-state index contributed by atoms with van der Waals surface area (Å²) >= 11 is 9.42. The molecule has 98 valence electrons. The van der Waals surface area contributed by atoms with Crippen molar-refractivity contribution in [2.45, 2.75) is 32.2 Å². The quantitative estimate of drug-likeness (QED) is 0.763. The van der Waals surface area contributed by atoms with Crippen LogP contribution >= 0.6 is 27.5 Å². The molecule has 0 bridgehead atoms. The first-order valence-corrected chi connectivity index (χ1v) is 7.76. The number of alkyl halides is 1. The summed E-state index contributed by atoms with van der Waals surface area (Å²) in [5.74, 6) is 0.124. The van der Waals surface area contributed by atoms with Gasteiger partial charge in [0.25, 0.3) is 5.91 Å². The van der Waals surface area contributed by atoms with Gasteiger partial charge in [-0.1, -0.05) is 27.5 Å². The smallest absolute Gasteiger partial charge is 0.254 e. The van der Waals surface area contributed by atoms with Crippen LogP contribution < -0.4 is 0 Å². The Morgan fingerprint density at radius 2 is 2.22 bits per heavy atom. The zero-order valence-corrected chi connectivity index (χ0v) is 12.8. The van der Waals surface area contributed by atoms with E-state index in [2.05, 4.69) is 15.9 Å². The molecule has 2 nitrogen and oxygen atoms in total. The maximum Gasteiger partial charge on any atom is 0.254 e. The van der Waals surface area contributed by atoms with Crippen molar-refractivity contribution in [1.29, 1.82) is 0 Å². The van der Waals surface area contributed by atoms with Crippen LogP contribution in [0.4, 0.5) is 0 Å². The summed E-state index contributed by atoms with van der Waals surface area (Å²) in [4.78, 5) is 14.5. The molecule has 1 aromatic carbocycles. The van der Waals surface area contributed by atoms with Crippen molar-refractivity contribution >= 4 is 33.4 Å². The summed E-state index contributed by atoms with van der Waals surface area (Å²) in [5, 5.41) is 1.53. The van der Waals surface area contributed by atoms with Gasteiger partial charge in [0.2, 0.25) is 0 Å². The SMILES string of the molecule is Cc1cc(C(=O)N(CCBr)C2CCC2)ccc1Cl. The number of hydrogen-bond acceptors (Lipinski definition) is 1. The van der Waals surface area contributed by atoms with E-state index in [1.165, 1.54) is 6.42 Å². The lowest BCUT2D eigenvalue weighted by atomic mass is 9.91. The number of amides is 1. The molecule has 0 aromatic heterocycles. The Morgan fingerprint density at radius 1 is 1.50 bits per heavy atom. The van der Waals surface area contributed by atoms with Gasteiger partial charge in [0.05, 0.1) is 0 Å². The van der Waals surface area contributed by atoms with Gasteiger partial charge in [0.15, 0.2) is 0 Å². The summed E-state index contributed by atoms with van der Waals surface area (Å²) in [7, 11) is 0. The van der Waals surface area contributed by atoms with Crippen LogP contribution in [0.3, 0.4) is 0 Å². The molecule has 0 spiro atoms. The van der Waals surface area contributed by atoms with Crippen molar-refractivity contribution in [2.75, 3.05) is 11.9 Å². The predicted molar refractivity (Wildman–Crippen MR) is 78.7 cm³/mol. The van der Waals surface area contributed by atoms with Crippen LogP contribution in [0.1, 0.15) is 35.2 Å². The molecular weight excluding hydrogens is 314 g/mol. The van der Waals surface area contributed by atoms with Crippen LogP contribution in [0.15, 0.2) is 18.2 Å². The second-order valence-corrected chi connectivity index (χ2v) is 5.94. The Balaban J connectivity index is 2.18. The molecule has 0 aliphatic heterocycles. The molecule has 0 saturated heterocycles. The Bertz CT molecular complexity index is 445. The minimum atomic E-state index is 0.124. The van der Waals surface area contributed by atoms with Gasteiger partial charge in [0, 0.05) is 28.5 Å². The third-order valence-corrected chi connectivity index (χ3v) is 4.29. The fourth-order valence-corrected chi connectivity index (χ4v) is 2.68. The summed E-state index contributed by atoms with van der Waals surface area (Å²) in [5.41, 5.74) is 1.69. The molecule has 2 rings (SSSR count). The number of carbonyl (C=O) groups is 1. The largest absolute Gasteiger partial charge is 0.335 e. The number of benzene rings is 1. The van der Waals surface area contributed by atoms with Crippen molar-refractivity contribution in [1.82, 2.24) is 4.90 Å². The molecule has 0 radical (unpaired) electrons. The third kappa shape index (κ3) is 2.89. The van der Waals surface area contributed by atoms with Crippen molar-refractivity contribution in [3.8, 4) is 0 Å². The Morgan fingerprint density at radius 3 is 2.72 bits per heavy atom. The monoisotopic (exact) mass is 329 g/mol. The molecule has 1 aliphatic carbocycles. The highest BCUT2D eigenvalue weighted by atomic mass is 79.9. The average molecular weight is 331 g/mol. The molecule has 4 heteroatoms. The number of nitrogens with zero attached hydrogens (tertiary/aromatic N) is 1. The summed E-state index contributed by atoms with van der Waals surface area (Å²) < 4.78 is 0.